The van der Waals surface area contributed by atoms with Crippen LogP contribution in [0.2, 0.25) is 0 Å². The van der Waals surface area contributed by atoms with E-state index in [0.29, 0.717) is 18.8 Å². The summed E-state index contributed by atoms with van der Waals surface area (Å²) in [6, 6.07) is 5.01. The Morgan fingerprint density at radius 1 is 1.21 bits per heavy atom. The number of amides is 2. The quantitative estimate of drug-likeness (QED) is 0.612. The predicted octanol–water partition coefficient (Wildman–Crippen LogP) is 0.425. The summed E-state index contributed by atoms with van der Waals surface area (Å²) >= 11 is 0. The van der Waals surface area contributed by atoms with Gasteiger partial charge < -0.3 is 30.5 Å². The summed E-state index contributed by atoms with van der Waals surface area (Å²) in [5.41, 5.74) is 5.57. The maximum atomic E-state index is 12.5. The van der Waals surface area contributed by atoms with Crippen molar-refractivity contribution in [1.29, 1.82) is 0 Å². The van der Waals surface area contributed by atoms with Crippen LogP contribution in [0.1, 0.15) is 13.8 Å². The summed E-state index contributed by atoms with van der Waals surface area (Å²) in [5.74, 6) is -6.79. The highest BCUT2D eigenvalue weighted by Gasteiger charge is 2.45. The summed E-state index contributed by atoms with van der Waals surface area (Å²) in [7, 11) is 0. The third-order valence-corrected chi connectivity index (χ3v) is 4.68. The predicted molar refractivity (Wildman–Crippen MR) is 92.0 cm³/mol. The summed E-state index contributed by atoms with van der Waals surface area (Å²) in [4.78, 5) is 27.0. The van der Waals surface area contributed by atoms with Gasteiger partial charge in [0.15, 0.2) is 0 Å². The molecule has 1 saturated heterocycles. The molecule has 28 heavy (non-hydrogen) atoms. The first-order valence-corrected chi connectivity index (χ1v) is 8.49. The Labute approximate surface area is 159 Å². The topological polar surface area (TPSA) is 116 Å². The van der Waals surface area contributed by atoms with Crippen LogP contribution in [0.5, 0.6) is 5.75 Å². The minimum absolute atomic E-state index is 0.222. The summed E-state index contributed by atoms with van der Waals surface area (Å²) in [6.45, 7) is 3.88. The molecule has 1 unspecified atom stereocenters. The largest absolute Gasteiger partial charge is 0.573 e. The molecule has 11 heteroatoms. The van der Waals surface area contributed by atoms with Crippen molar-refractivity contribution >= 4 is 17.5 Å². The Kier molecular flexibility index (Phi) is 6.09. The molecule has 2 rings (SSSR count). The Morgan fingerprint density at radius 3 is 2.25 bits per heavy atom. The van der Waals surface area contributed by atoms with Crippen molar-refractivity contribution < 1.29 is 37.7 Å². The van der Waals surface area contributed by atoms with Crippen molar-refractivity contribution in [3.8, 4) is 5.75 Å². The normalized spacial score (nSPS) is 19.3. The molecule has 156 valence electrons. The van der Waals surface area contributed by atoms with Gasteiger partial charge in [-0.3, -0.25) is 9.59 Å². The smallest absolute Gasteiger partial charge is 0.406 e. The number of hydrogen-bond acceptors (Lipinski definition) is 6. The molecule has 1 aromatic carbocycles. The van der Waals surface area contributed by atoms with E-state index in [4.69, 9.17) is 5.73 Å². The standard InChI is InChI=1S/C17H22F3N3O5/c1-10-9-22(12-3-5-13(6-4-12)28-17(18,19)20)7-8-23(10)14(24)11(2)16(26,27)15(21)25/h3-6,10-11,26-27H,7-9H2,1-2H3,(H2,21,25)/t10-,11?/m1/s1. The lowest BCUT2D eigenvalue weighted by Gasteiger charge is -2.42. The number of nitrogens with zero attached hydrogens (tertiary/aromatic N) is 2. The Balaban J connectivity index is 2.03. The number of hydrogen-bond donors (Lipinski definition) is 3. The fraction of sp³-hybridized carbons (Fsp3) is 0.529. The van der Waals surface area contributed by atoms with E-state index in [0.717, 1.165) is 0 Å². The van der Waals surface area contributed by atoms with Crippen molar-refractivity contribution in [2.75, 3.05) is 24.5 Å². The molecule has 2 amide bonds. The first kappa shape index (κ1) is 21.8. The number of aliphatic hydroxyl groups is 2. The Bertz CT molecular complexity index is 724. The van der Waals surface area contributed by atoms with E-state index in [9.17, 15) is 33.0 Å². The molecule has 1 fully saturated rings. The molecule has 0 radical (unpaired) electrons. The molecular weight excluding hydrogens is 383 g/mol. The van der Waals surface area contributed by atoms with Crippen LogP contribution >= 0.6 is 0 Å². The van der Waals surface area contributed by atoms with Crippen molar-refractivity contribution in [2.45, 2.75) is 32.0 Å². The summed E-state index contributed by atoms with van der Waals surface area (Å²) < 4.78 is 40.5. The van der Waals surface area contributed by atoms with Crippen LogP contribution < -0.4 is 15.4 Å². The van der Waals surface area contributed by atoms with Gasteiger partial charge in [-0.25, -0.2) is 0 Å². The van der Waals surface area contributed by atoms with Gasteiger partial charge in [-0.05, 0) is 38.1 Å². The van der Waals surface area contributed by atoms with Crippen molar-refractivity contribution in [2.24, 2.45) is 11.7 Å². The molecule has 0 saturated carbocycles. The van der Waals surface area contributed by atoms with Crippen LogP contribution in [0.15, 0.2) is 24.3 Å². The van der Waals surface area contributed by atoms with Crippen molar-refractivity contribution in [3.63, 3.8) is 0 Å². The molecule has 1 aliphatic heterocycles. The van der Waals surface area contributed by atoms with Crippen LogP contribution in [0.3, 0.4) is 0 Å². The van der Waals surface area contributed by atoms with Gasteiger partial charge in [-0.15, -0.1) is 13.2 Å². The zero-order valence-electron chi connectivity index (χ0n) is 15.3. The maximum Gasteiger partial charge on any atom is 0.573 e. The Hall–Kier alpha value is -2.53. The number of carbonyl (C=O) groups is 2. The number of alkyl halides is 3. The second-order valence-electron chi connectivity index (χ2n) is 6.68. The first-order chi connectivity index (χ1) is 12.8. The van der Waals surface area contributed by atoms with Gasteiger partial charge in [0.05, 0.1) is 5.92 Å². The van der Waals surface area contributed by atoms with E-state index >= 15 is 0 Å². The highest BCUT2D eigenvalue weighted by Crippen LogP contribution is 2.27. The van der Waals surface area contributed by atoms with E-state index in [1.807, 2.05) is 4.90 Å². The SMILES string of the molecule is CC(C(=O)N1CCN(c2ccc(OC(F)(F)F)cc2)C[C@H]1C)C(O)(O)C(N)=O. The molecule has 1 heterocycles. The third kappa shape index (κ3) is 4.84. The Morgan fingerprint density at radius 2 is 1.79 bits per heavy atom. The molecule has 0 bridgehead atoms. The number of rotatable bonds is 5. The molecule has 0 aromatic heterocycles. The first-order valence-electron chi connectivity index (χ1n) is 8.49. The van der Waals surface area contributed by atoms with Gasteiger partial charge in [0.1, 0.15) is 5.75 Å². The number of anilines is 1. The van der Waals surface area contributed by atoms with Crippen LogP contribution in [0.25, 0.3) is 0 Å². The minimum atomic E-state index is -4.77. The fourth-order valence-electron chi connectivity index (χ4n) is 3.01. The third-order valence-electron chi connectivity index (χ3n) is 4.68. The van der Waals surface area contributed by atoms with E-state index in [1.54, 1.807) is 6.92 Å². The van der Waals surface area contributed by atoms with Gasteiger partial charge in [0.25, 0.3) is 11.7 Å². The molecule has 4 N–H and O–H groups in total. The number of ether oxygens (including phenoxy) is 1. The lowest BCUT2D eigenvalue weighted by Crippen LogP contribution is -2.60. The van der Waals surface area contributed by atoms with Crippen LogP contribution in [-0.2, 0) is 9.59 Å². The number of piperazine rings is 1. The fourth-order valence-corrected chi connectivity index (χ4v) is 3.01. The van der Waals surface area contributed by atoms with E-state index in [1.165, 1.54) is 36.1 Å². The number of nitrogens with two attached hydrogens (primary N) is 1. The molecule has 0 aliphatic carbocycles. The average molecular weight is 405 g/mol. The average Bonchev–Trinajstić information content (AvgIpc) is 2.59. The summed E-state index contributed by atoms with van der Waals surface area (Å²) in [6.07, 6.45) is -4.77. The molecular formula is C17H22F3N3O5. The van der Waals surface area contributed by atoms with Gasteiger partial charge in [0, 0.05) is 31.4 Å². The number of carbonyl (C=O) groups excluding carboxylic acids is 2. The summed E-state index contributed by atoms with van der Waals surface area (Å²) in [5, 5.41) is 19.4. The van der Waals surface area contributed by atoms with Crippen LogP contribution in [-0.4, -0.2) is 64.8 Å². The molecule has 1 aromatic rings. The minimum Gasteiger partial charge on any atom is -0.406 e. The number of halogens is 3. The van der Waals surface area contributed by atoms with Gasteiger partial charge in [-0.1, -0.05) is 0 Å². The second-order valence-corrected chi connectivity index (χ2v) is 6.68. The highest BCUT2D eigenvalue weighted by molar-refractivity contribution is 5.90. The number of benzene rings is 1. The van der Waals surface area contributed by atoms with Crippen LogP contribution in [0.4, 0.5) is 18.9 Å². The van der Waals surface area contributed by atoms with Crippen molar-refractivity contribution in [1.82, 2.24) is 4.90 Å². The monoisotopic (exact) mass is 405 g/mol. The van der Waals surface area contributed by atoms with Crippen LogP contribution in [0, 0.1) is 5.92 Å². The number of primary amides is 1. The van der Waals surface area contributed by atoms with Gasteiger partial charge >= 0.3 is 6.36 Å². The molecule has 2 atom stereocenters. The highest BCUT2D eigenvalue weighted by atomic mass is 19.4. The molecule has 8 nitrogen and oxygen atoms in total. The van der Waals surface area contributed by atoms with E-state index in [2.05, 4.69) is 4.74 Å². The lowest BCUT2D eigenvalue weighted by atomic mass is 9.97. The van der Waals surface area contributed by atoms with Gasteiger partial charge in [-0.2, -0.15) is 0 Å². The van der Waals surface area contributed by atoms with E-state index < -0.39 is 29.9 Å². The molecule has 1 aliphatic rings. The zero-order valence-corrected chi connectivity index (χ0v) is 15.3. The zero-order chi connectivity index (χ0) is 21.3. The van der Waals surface area contributed by atoms with Crippen molar-refractivity contribution in [3.05, 3.63) is 24.3 Å². The van der Waals surface area contributed by atoms with E-state index in [-0.39, 0.29) is 18.3 Å². The molecule has 0 spiro atoms. The maximum absolute atomic E-state index is 12.5. The van der Waals surface area contributed by atoms with Gasteiger partial charge in [0.2, 0.25) is 5.91 Å². The second kappa shape index (κ2) is 7.84. The lowest BCUT2D eigenvalue weighted by molar-refractivity contribution is -0.274.